The van der Waals surface area contributed by atoms with Gasteiger partial charge in [-0.25, -0.2) is 4.79 Å². The molecule has 0 spiro atoms. The average Bonchev–Trinajstić information content (AvgIpc) is 2.71. The smallest absolute Gasteiger partial charge is 1.00 e. The van der Waals surface area contributed by atoms with Crippen molar-refractivity contribution in [3.05, 3.63) is 0 Å². The number of carbonyl (C=O) groups is 1. The van der Waals surface area contributed by atoms with Crippen LogP contribution in [0.4, 0.5) is 0 Å². The Morgan fingerprint density at radius 1 is 0.567 bits per heavy atom. The summed E-state index contributed by atoms with van der Waals surface area (Å²) in [5.74, 6) is -1.09. The predicted molar refractivity (Wildman–Crippen MR) is 127 cm³/mol. The Morgan fingerprint density at radius 2 is 0.800 bits per heavy atom. The molecule has 0 aromatic carbocycles. The molecule has 4 heteroatoms. The molecule has 0 rings (SSSR count). The van der Waals surface area contributed by atoms with Crippen molar-refractivity contribution in [1.82, 2.24) is 0 Å². The summed E-state index contributed by atoms with van der Waals surface area (Å²) in [6, 6.07) is 0. The van der Waals surface area contributed by atoms with Gasteiger partial charge in [-0.15, -0.1) is 0 Å². The van der Waals surface area contributed by atoms with E-state index in [9.17, 15) is 9.90 Å². The van der Waals surface area contributed by atoms with Gasteiger partial charge < -0.3 is 11.6 Å². The molecular weight excluding hydrogens is 383 g/mol. The summed E-state index contributed by atoms with van der Waals surface area (Å²) in [5.41, 5.74) is 0. The summed E-state index contributed by atoms with van der Waals surface area (Å²) in [4.78, 5) is 10.5. The van der Waals surface area contributed by atoms with E-state index < -0.39 is 12.1 Å². The van der Waals surface area contributed by atoms with Crippen LogP contribution in [0.5, 0.6) is 0 Å². The largest absolute Gasteiger partial charge is 1.00 e. The Balaban J connectivity index is -0.00000392. The molecule has 1 atom stereocenters. The van der Waals surface area contributed by atoms with Crippen molar-refractivity contribution in [3.63, 3.8) is 0 Å². The molecule has 176 valence electrons. The fourth-order valence-electron chi connectivity index (χ4n) is 4.07. The number of carboxylic acid groups (broad SMARTS) is 1. The first-order chi connectivity index (χ1) is 14.2. The maximum absolute atomic E-state index is 10.5. The molecule has 0 bridgehead atoms. The van der Waals surface area contributed by atoms with Crippen LogP contribution in [-0.4, -0.2) is 22.3 Å². The van der Waals surface area contributed by atoms with Crippen LogP contribution in [0.1, 0.15) is 156 Å². The standard InChI is InChI=1S/C26H52O3.Na.H/c1-2-3-4-5-6-7-8-9-10-11-12-13-14-15-16-17-18-19-20-21-22-23-24-25(27)26(28)29;;/h25,27H,2-24H2,1H3,(H,28,29);;/q;+1;-1. The van der Waals surface area contributed by atoms with E-state index in [1.807, 2.05) is 0 Å². The molecule has 0 aromatic rings. The van der Waals surface area contributed by atoms with Gasteiger partial charge in [0, 0.05) is 0 Å². The van der Waals surface area contributed by atoms with Gasteiger partial charge in [-0.3, -0.25) is 0 Å². The first-order valence-electron chi connectivity index (χ1n) is 13.1. The van der Waals surface area contributed by atoms with E-state index in [-0.39, 0.29) is 31.0 Å². The van der Waals surface area contributed by atoms with Crippen LogP contribution >= 0.6 is 0 Å². The molecular formula is C26H53NaO3. The van der Waals surface area contributed by atoms with Crippen LogP contribution in [-0.2, 0) is 4.79 Å². The zero-order valence-electron chi connectivity index (χ0n) is 21.6. The molecule has 0 amide bonds. The van der Waals surface area contributed by atoms with Crippen molar-refractivity contribution in [1.29, 1.82) is 0 Å². The molecule has 0 saturated heterocycles. The second-order valence-corrected chi connectivity index (χ2v) is 9.07. The summed E-state index contributed by atoms with van der Waals surface area (Å²) in [5, 5.41) is 17.8. The van der Waals surface area contributed by atoms with Crippen LogP contribution in [0, 0.1) is 0 Å². The van der Waals surface area contributed by atoms with Crippen molar-refractivity contribution < 1.29 is 46.0 Å². The summed E-state index contributed by atoms with van der Waals surface area (Å²) >= 11 is 0. The van der Waals surface area contributed by atoms with E-state index >= 15 is 0 Å². The molecule has 0 aliphatic carbocycles. The Morgan fingerprint density at radius 3 is 1.03 bits per heavy atom. The quantitative estimate of drug-likeness (QED) is 0.154. The number of unbranched alkanes of at least 4 members (excludes halogenated alkanes) is 21. The molecule has 0 heterocycles. The second kappa shape index (κ2) is 27.5. The molecule has 0 radical (unpaired) electrons. The van der Waals surface area contributed by atoms with Gasteiger partial charge in [0.15, 0.2) is 6.10 Å². The van der Waals surface area contributed by atoms with E-state index in [1.165, 1.54) is 128 Å². The van der Waals surface area contributed by atoms with Gasteiger partial charge in [0.1, 0.15) is 0 Å². The van der Waals surface area contributed by atoms with Crippen LogP contribution in [0.25, 0.3) is 0 Å². The van der Waals surface area contributed by atoms with Crippen molar-refractivity contribution in [3.8, 4) is 0 Å². The number of carboxylic acids is 1. The molecule has 3 nitrogen and oxygen atoms in total. The van der Waals surface area contributed by atoms with Gasteiger partial charge in [0.2, 0.25) is 0 Å². The minimum Gasteiger partial charge on any atom is -1.00 e. The minimum atomic E-state index is -1.17. The van der Waals surface area contributed by atoms with Crippen LogP contribution in [0.3, 0.4) is 0 Å². The fourth-order valence-corrected chi connectivity index (χ4v) is 4.07. The topological polar surface area (TPSA) is 57.5 Å². The van der Waals surface area contributed by atoms with E-state index in [1.54, 1.807) is 0 Å². The number of aliphatic carboxylic acids is 1. The number of hydrogen-bond acceptors (Lipinski definition) is 2. The zero-order chi connectivity index (χ0) is 21.4. The fraction of sp³-hybridized carbons (Fsp3) is 0.962. The summed E-state index contributed by atoms with van der Waals surface area (Å²) in [6.45, 7) is 2.29. The number of aliphatic hydroxyl groups is 1. The zero-order valence-corrected chi connectivity index (χ0v) is 22.6. The van der Waals surface area contributed by atoms with Crippen molar-refractivity contribution in [2.75, 3.05) is 0 Å². The average molecular weight is 437 g/mol. The van der Waals surface area contributed by atoms with E-state index in [0.717, 1.165) is 12.8 Å². The van der Waals surface area contributed by atoms with Crippen molar-refractivity contribution in [2.45, 2.75) is 161 Å². The van der Waals surface area contributed by atoms with Crippen molar-refractivity contribution >= 4 is 5.97 Å². The molecule has 0 aliphatic rings. The number of rotatable bonds is 24. The normalized spacial score (nSPS) is 11.9. The van der Waals surface area contributed by atoms with Crippen LogP contribution < -0.4 is 29.6 Å². The maximum Gasteiger partial charge on any atom is 1.00 e. The molecule has 0 fully saturated rings. The third kappa shape index (κ3) is 26.5. The van der Waals surface area contributed by atoms with Gasteiger partial charge in [0.05, 0.1) is 0 Å². The Hall–Kier alpha value is 0.430. The van der Waals surface area contributed by atoms with Gasteiger partial charge in [0.25, 0.3) is 0 Å². The monoisotopic (exact) mass is 436 g/mol. The molecule has 2 N–H and O–H groups in total. The maximum atomic E-state index is 10.5. The number of aliphatic hydroxyl groups excluding tert-OH is 1. The van der Waals surface area contributed by atoms with Gasteiger partial charge in [-0.05, 0) is 6.42 Å². The summed E-state index contributed by atoms with van der Waals surface area (Å²) in [7, 11) is 0. The Bertz CT molecular complexity index is 343. The summed E-state index contributed by atoms with van der Waals surface area (Å²) < 4.78 is 0. The Kier molecular flexibility index (Phi) is 29.9. The summed E-state index contributed by atoms with van der Waals surface area (Å²) in [6.07, 6.45) is 29.0. The van der Waals surface area contributed by atoms with E-state index in [0.29, 0.717) is 6.42 Å². The third-order valence-electron chi connectivity index (χ3n) is 6.12. The predicted octanol–water partition coefficient (Wildman–Crippen LogP) is 5.54. The van der Waals surface area contributed by atoms with Gasteiger partial charge in [-0.1, -0.05) is 148 Å². The van der Waals surface area contributed by atoms with Gasteiger partial charge in [-0.2, -0.15) is 0 Å². The molecule has 0 aliphatic heterocycles. The van der Waals surface area contributed by atoms with E-state index in [4.69, 9.17) is 5.11 Å². The van der Waals surface area contributed by atoms with Crippen LogP contribution in [0.15, 0.2) is 0 Å². The van der Waals surface area contributed by atoms with Crippen molar-refractivity contribution in [2.24, 2.45) is 0 Å². The molecule has 0 saturated carbocycles. The molecule has 1 unspecified atom stereocenters. The van der Waals surface area contributed by atoms with E-state index in [2.05, 4.69) is 6.92 Å². The first-order valence-corrected chi connectivity index (χ1v) is 13.1. The van der Waals surface area contributed by atoms with Gasteiger partial charge >= 0.3 is 35.5 Å². The number of hydrogen-bond donors (Lipinski definition) is 2. The molecule has 30 heavy (non-hydrogen) atoms. The SMILES string of the molecule is CCCCCCCCCCCCCCCCCCCCCCCCC(O)C(=O)O.[H-].[Na+]. The first kappa shape index (κ1) is 32.6. The third-order valence-corrected chi connectivity index (χ3v) is 6.12. The molecule has 0 aromatic heterocycles. The minimum absolute atomic E-state index is 0. The Labute approximate surface area is 212 Å². The second-order valence-electron chi connectivity index (χ2n) is 9.07. The van der Waals surface area contributed by atoms with Crippen LogP contribution in [0.2, 0.25) is 0 Å².